The first kappa shape index (κ1) is 21.2. The summed E-state index contributed by atoms with van der Waals surface area (Å²) in [4.78, 5) is 17.2. The second-order valence-electron chi connectivity index (χ2n) is 8.32. The molecule has 3 aromatic carbocycles. The van der Waals surface area contributed by atoms with Gasteiger partial charge in [0.25, 0.3) is 0 Å². The lowest BCUT2D eigenvalue weighted by atomic mass is 10.1. The highest BCUT2D eigenvalue weighted by Gasteiger charge is 2.16. The number of amides is 2. The maximum absolute atomic E-state index is 12.2. The van der Waals surface area contributed by atoms with E-state index in [-0.39, 0.29) is 6.03 Å². The van der Waals surface area contributed by atoms with Crippen LogP contribution in [-0.2, 0) is 0 Å². The van der Waals surface area contributed by atoms with E-state index in [4.69, 9.17) is 0 Å². The summed E-state index contributed by atoms with van der Waals surface area (Å²) in [6, 6.07) is 22.8. The highest BCUT2D eigenvalue weighted by Crippen LogP contribution is 2.19. The monoisotopic (exact) mass is 416 g/mol. The van der Waals surface area contributed by atoms with E-state index in [2.05, 4.69) is 63.8 Å². The maximum atomic E-state index is 12.2. The Morgan fingerprint density at radius 2 is 1.68 bits per heavy atom. The van der Waals surface area contributed by atoms with Gasteiger partial charge in [0.15, 0.2) is 0 Å². The van der Waals surface area contributed by atoms with Gasteiger partial charge in [-0.05, 0) is 66.9 Å². The molecule has 1 aliphatic rings. The predicted octanol–water partition coefficient (Wildman–Crippen LogP) is 4.87. The molecule has 0 radical (unpaired) electrons. The van der Waals surface area contributed by atoms with E-state index in [1.165, 1.54) is 16.6 Å². The van der Waals surface area contributed by atoms with Crippen LogP contribution in [0.5, 0.6) is 0 Å². The van der Waals surface area contributed by atoms with Crippen molar-refractivity contribution in [3.8, 4) is 0 Å². The largest absolute Gasteiger partial charge is 0.369 e. The van der Waals surface area contributed by atoms with Crippen LogP contribution >= 0.6 is 0 Å². The Balaban J connectivity index is 1.11. The molecule has 0 aliphatic carbocycles. The molecule has 1 aliphatic heterocycles. The van der Waals surface area contributed by atoms with Crippen molar-refractivity contribution < 1.29 is 4.79 Å². The Bertz CT molecular complexity index is 1010. The molecule has 1 heterocycles. The molecule has 3 aromatic rings. The minimum atomic E-state index is -0.137. The number of carbonyl (C=O) groups is 1. The van der Waals surface area contributed by atoms with Gasteiger partial charge >= 0.3 is 6.03 Å². The Labute approximate surface area is 185 Å². The fourth-order valence-corrected chi connectivity index (χ4v) is 4.16. The molecule has 4 rings (SSSR count). The summed E-state index contributed by atoms with van der Waals surface area (Å²) in [7, 11) is 0. The van der Waals surface area contributed by atoms with Crippen LogP contribution in [0.15, 0.2) is 66.7 Å². The molecule has 1 fully saturated rings. The quantitative estimate of drug-likeness (QED) is 0.540. The number of urea groups is 1. The van der Waals surface area contributed by atoms with Crippen LogP contribution in [0.25, 0.3) is 10.8 Å². The molecule has 1 saturated heterocycles. The number of carbonyl (C=O) groups excluding carboxylic acids is 1. The summed E-state index contributed by atoms with van der Waals surface area (Å²) in [5.74, 6) is 0. The van der Waals surface area contributed by atoms with E-state index in [0.29, 0.717) is 6.54 Å². The van der Waals surface area contributed by atoms with Gasteiger partial charge in [-0.1, -0.05) is 42.5 Å². The highest BCUT2D eigenvalue weighted by atomic mass is 16.2. The zero-order valence-corrected chi connectivity index (χ0v) is 18.3. The number of nitrogens with zero attached hydrogens (tertiary/aromatic N) is 2. The minimum Gasteiger partial charge on any atom is -0.369 e. The number of fused-ring (bicyclic) bond motifs is 1. The average Bonchev–Trinajstić information content (AvgIpc) is 2.79. The van der Waals surface area contributed by atoms with Crippen LogP contribution in [0.3, 0.4) is 0 Å². The number of benzene rings is 3. The molecule has 5 nitrogen and oxygen atoms in total. The average molecular weight is 417 g/mol. The van der Waals surface area contributed by atoms with Gasteiger partial charge in [-0.25, -0.2) is 4.79 Å². The van der Waals surface area contributed by atoms with Gasteiger partial charge in [0.2, 0.25) is 0 Å². The lowest BCUT2D eigenvalue weighted by Crippen LogP contribution is -2.46. The topological polar surface area (TPSA) is 47.6 Å². The summed E-state index contributed by atoms with van der Waals surface area (Å²) < 4.78 is 0. The second kappa shape index (κ2) is 10.3. The third kappa shape index (κ3) is 5.98. The molecule has 0 spiro atoms. The number of aryl methyl sites for hydroxylation is 1. The number of unbranched alkanes of at least 4 members (excludes halogenated alkanes) is 1. The van der Waals surface area contributed by atoms with E-state index >= 15 is 0 Å². The zero-order chi connectivity index (χ0) is 21.5. The van der Waals surface area contributed by atoms with Gasteiger partial charge in [-0.2, -0.15) is 0 Å². The van der Waals surface area contributed by atoms with Crippen LogP contribution in [0.4, 0.5) is 16.2 Å². The SMILES string of the molecule is Cc1cccc(N2CCN(CCCCNC(=O)Nc3ccc4ccccc4c3)CC2)c1. The van der Waals surface area contributed by atoms with Crippen molar-refractivity contribution in [2.24, 2.45) is 0 Å². The summed E-state index contributed by atoms with van der Waals surface area (Å²) in [5.41, 5.74) is 3.47. The van der Waals surface area contributed by atoms with E-state index in [0.717, 1.165) is 56.6 Å². The summed E-state index contributed by atoms with van der Waals surface area (Å²) >= 11 is 0. The molecular formula is C26H32N4O. The third-order valence-electron chi connectivity index (χ3n) is 5.93. The van der Waals surface area contributed by atoms with Gasteiger partial charge in [0.05, 0.1) is 0 Å². The van der Waals surface area contributed by atoms with Crippen LogP contribution in [0.1, 0.15) is 18.4 Å². The molecular weight excluding hydrogens is 384 g/mol. The van der Waals surface area contributed by atoms with E-state index < -0.39 is 0 Å². The molecule has 2 N–H and O–H groups in total. The Hall–Kier alpha value is -3.05. The summed E-state index contributed by atoms with van der Waals surface area (Å²) in [6.07, 6.45) is 2.09. The van der Waals surface area contributed by atoms with Gasteiger partial charge in [-0.15, -0.1) is 0 Å². The molecule has 5 heteroatoms. The van der Waals surface area contributed by atoms with Crippen molar-refractivity contribution in [3.05, 3.63) is 72.3 Å². The first-order chi connectivity index (χ1) is 15.2. The number of anilines is 2. The minimum absolute atomic E-state index is 0.137. The number of rotatable bonds is 7. The summed E-state index contributed by atoms with van der Waals surface area (Å²) in [5, 5.41) is 8.21. The zero-order valence-electron chi connectivity index (χ0n) is 18.3. The molecule has 0 aromatic heterocycles. The lowest BCUT2D eigenvalue weighted by Gasteiger charge is -2.36. The highest BCUT2D eigenvalue weighted by molar-refractivity contribution is 5.93. The van der Waals surface area contributed by atoms with Crippen molar-refractivity contribution in [1.82, 2.24) is 10.2 Å². The van der Waals surface area contributed by atoms with Crippen molar-refractivity contribution >= 4 is 28.2 Å². The molecule has 31 heavy (non-hydrogen) atoms. The van der Waals surface area contributed by atoms with Crippen molar-refractivity contribution in [2.75, 3.05) is 49.5 Å². The van der Waals surface area contributed by atoms with Gasteiger partial charge in [0, 0.05) is 44.1 Å². The molecule has 0 unspecified atom stereocenters. The van der Waals surface area contributed by atoms with Crippen molar-refractivity contribution in [3.63, 3.8) is 0 Å². The fourth-order valence-electron chi connectivity index (χ4n) is 4.16. The molecule has 0 saturated carbocycles. The van der Waals surface area contributed by atoms with Crippen LogP contribution in [0.2, 0.25) is 0 Å². The summed E-state index contributed by atoms with van der Waals surface area (Å²) in [6.45, 7) is 8.30. The third-order valence-corrected chi connectivity index (χ3v) is 5.93. The number of piperazine rings is 1. The van der Waals surface area contributed by atoms with Gasteiger partial charge in [0.1, 0.15) is 0 Å². The first-order valence-electron chi connectivity index (χ1n) is 11.2. The van der Waals surface area contributed by atoms with Crippen molar-refractivity contribution in [1.29, 1.82) is 0 Å². The van der Waals surface area contributed by atoms with E-state index in [1.807, 2.05) is 30.3 Å². The number of nitrogens with one attached hydrogen (secondary N) is 2. The first-order valence-corrected chi connectivity index (χ1v) is 11.2. The Kier molecular flexibility index (Phi) is 7.05. The molecule has 2 amide bonds. The smallest absolute Gasteiger partial charge is 0.319 e. The van der Waals surface area contributed by atoms with Gasteiger partial charge in [-0.3, -0.25) is 4.90 Å². The number of hydrogen-bond acceptors (Lipinski definition) is 3. The standard InChI is InChI=1S/C26H32N4O/c1-21-7-6-10-25(19-21)30-17-15-29(16-18-30)14-5-4-13-27-26(31)28-24-12-11-22-8-2-3-9-23(22)20-24/h2-3,6-12,19-20H,4-5,13-18H2,1H3,(H2,27,28,31). The predicted molar refractivity (Wildman–Crippen MR) is 130 cm³/mol. The maximum Gasteiger partial charge on any atom is 0.319 e. The van der Waals surface area contributed by atoms with Crippen LogP contribution in [-0.4, -0.2) is 50.2 Å². The normalized spacial score (nSPS) is 14.5. The molecule has 0 atom stereocenters. The van der Waals surface area contributed by atoms with E-state index in [1.54, 1.807) is 0 Å². The van der Waals surface area contributed by atoms with E-state index in [9.17, 15) is 4.79 Å². The molecule has 162 valence electrons. The Morgan fingerprint density at radius 1 is 0.871 bits per heavy atom. The van der Waals surface area contributed by atoms with Crippen molar-refractivity contribution in [2.45, 2.75) is 19.8 Å². The van der Waals surface area contributed by atoms with Gasteiger partial charge < -0.3 is 15.5 Å². The van der Waals surface area contributed by atoms with Crippen LogP contribution < -0.4 is 15.5 Å². The lowest BCUT2D eigenvalue weighted by molar-refractivity contribution is 0.247. The number of hydrogen-bond donors (Lipinski definition) is 2. The Morgan fingerprint density at radius 3 is 2.48 bits per heavy atom. The molecule has 0 bridgehead atoms. The fraction of sp³-hybridized carbons (Fsp3) is 0.346. The van der Waals surface area contributed by atoms with Crippen LogP contribution in [0, 0.1) is 6.92 Å². The second-order valence-corrected chi connectivity index (χ2v) is 8.32.